The molecule has 1 aliphatic heterocycles. The van der Waals surface area contributed by atoms with Gasteiger partial charge in [0.05, 0.1) is 17.1 Å². The van der Waals surface area contributed by atoms with Gasteiger partial charge in [0, 0.05) is 25.7 Å². The summed E-state index contributed by atoms with van der Waals surface area (Å²) in [4.78, 5) is 23.1. The van der Waals surface area contributed by atoms with Crippen LogP contribution < -0.4 is 21.1 Å². The number of nitrogens with one attached hydrogen (secondary N) is 2. The van der Waals surface area contributed by atoms with Gasteiger partial charge in [-0.1, -0.05) is 0 Å². The van der Waals surface area contributed by atoms with Crippen LogP contribution in [0.5, 0.6) is 5.75 Å². The standard InChI is InChI=1S/C14H19N3O4/c1-2-20-5-3-4-13(18)16-10-7-11-12(6-9(10)15)21-8-14(19)17-11/h6-7H,2-5,8,15H2,1H3,(H,16,18)(H,17,19). The number of carbonyl (C=O) groups is 2. The van der Waals surface area contributed by atoms with Gasteiger partial charge in [0.2, 0.25) is 5.91 Å². The van der Waals surface area contributed by atoms with Gasteiger partial charge in [-0.05, 0) is 19.4 Å². The first-order chi connectivity index (χ1) is 10.1. The molecule has 0 aliphatic carbocycles. The molecule has 0 bridgehead atoms. The van der Waals surface area contributed by atoms with Gasteiger partial charge in [-0.25, -0.2) is 0 Å². The Morgan fingerprint density at radius 1 is 1.52 bits per heavy atom. The average molecular weight is 293 g/mol. The van der Waals surface area contributed by atoms with Crippen LogP contribution in [0.15, 0.2) is 12.1 Å². The first-order valence-electron chi connectivity index (χ1n) is 6.84. The maximum atomic E-state index is 11.8. The Morgan fingerprint density at radius 2 is 2.33 bits per heavy atom. The van der Waals surface area contributed by atoms with Crippen molar-refractivity contribution in [2.75, 3.05) is 36.2 Å². The Bertz CT molecular complexity index is 545. The molecule has 21 heavy (non-hydrogen) atoms. The van der Waals surface area contributed by atoms with E-state index in [4.69, 9.17) is 15.2 Å². The molecule has 4 N–H and O–H groups in total. The fraction of sp³-hybridized carbons (Fsp3) is 0.429. The van der Waals surface area contributed by atoms with E-state index in [0.29, 0.717) is 48.9 Å². The summed E-state index contributed by atoms with van der Waals surface area (Å²) >= 11 is 0. The molecule has 1 aliphatic rings. The van der Waals surface area contributed by atoms with E-state index in [0.717, 1.165) is 0 Å². The van der Waals surface area contributed by atoms with Crippen molar-refractivity contribution in [3.8, 4) is 5.75 Å². The van der Waals surface area contributed by atoms with Crippen molar-refractivity contribution in [1.29, 1.82) is 0 Å². The highest BCUT2D eigenvalue weighted by Gasteiger charge is 2.18. The largest absolute Gasteiger partial charge is 0.482 e. The molecule has 7 heteroatoms. The summed E-state index contributed by atoms with van der Waals surface area (Å²) in [7, 11) is 0. The zero-order chi connectivity index (χ0) is 15.2. The molecule has 2 rings (SSSR count). The number of benzene rings is 1. The van der Waals surface area contributed by atoms with E-state index in [1.54, 1.807) is 12.1 Å². The average Bonchev–Trinajstić information content (AvgIpc) is 2.45. The van der Waals surface area contributed by atoms with Crippen molar-refractivity contribution >= 4 is 28.9 Å². The van der Waals surface area contributed by atoms with Crippen LogP contribution >= 0.6 is 0 Å². The highest BCUT2D eigenvalue weighted by molar-refractivity contribution is 6.00. The number of amides is 2. The number of nitrogen functional groups attached to an aromatic ring is 1. The zero-order valence-corrected chi connectivity index (χ0v) is 11.9. The quantitative estimate of drug-likeness (QED) is 0.543. The van der Waals surface area contributed by atoms with E-state index in [-0.39, 0.29) is 18.4 Å². The van der Waals surface area contributed by atoms with Crippen LogP contribution in [-0.2, 0) is 14.3 Å². The summed E-state index contributed by atoms with van der Waals surface area (Å²) in [6.07, 6.45) is 0.990. The van der Waals surface area contributed by atoms with E-state index in [1.807, 2.05) is 6.92 Å². The van der Waals surface area contributed by atoms with E-state index < -0.39 is 0 Å². The van der Waals surface area contributed by atoms with Crippen LogP contribution in [0, 0.1) is 0 Å². The first kappa shape index (κ1) is 15.1. The molecule has 2 amide bonds. The Kier molecular flexibility index (Phi) is 4.99. The van der Waals surface area contributed by atoms with Crippen LogP contribution in [0.2, 0.25) is 0 Å². The number of rotatable bonds is 6. The maximum Gasteiger partial charge on any atom is 0.262 e. The Morgan fingerprint density at radius 3 is 3.10 bits per heavy atom. The molecule has 7 nitrogen and oxygen atoms in total. The predicted molar refractivity (Wildman–Crippen MR) is 79.3 cm³/mol. The fourth-order valence-corrected chi connectivity index (χ4v) is 1.94. The van der Waals surface area contributed by atoms with Crippen molar-refractivity contribution in [2.45, 2.75) is 19.8 Å². The number of nitrogens with two attached hydrogens (primary N) is 1. The lowest BCUT2D eigenvalue weighted by atomic mass is 10.2. The molecule has 1 aromatic rings. The second kappa shape index (κ2) is 6.94. The Balaban J connectivity index is 1.98. The first-order valence-corrected chi connectivity index (χ1v) is 6.84. The highest BCUT2D eigenvalue weighted by Crippen LogP contribution is 2.35. The van der Waals surface area contributed by atoms with Crippen LogP contribution in [-0.4, -0.2) is 31.6 Å². The number of fused-ring (bicyclic) bond motifs is 1. The topological polar surface area (TPSA) is 103 Å². The van der Waals surface area contributed by atoms with Crippen LogP contribution in [0.25, 0.3) is 0 Å². The van der Waals surface area contributed by atoms with E-state index in [9.17, 15) is 9.59 Å². The highest BCUT2D eigenvalue weighted by atomic mass is 16.5. The lowest BCUT2D eigenvalue weighted by Crippen LogP contribution is -2.25. The number of hydrogen-bond donors (Lipinski definition) is 3. The van der Waals surface area contributed by atoms with Crippen molar-refractivity contribution in [1.82, 2.24) is 0 Å². The van der Waals surface area contributed by atoms with Gasteiger partial charge in [0.25, 0.3) is 5.91 Å². The molecule has 1 aromatic carbocycles. The summed E-state index contributed by atoms with van der Waals surface area (Å²) < 4.78 is 10.4. The van der Waals surface area contributed by atoms with Crippen LogP contribution in [0.3, 0.4) is 0 Å². The van der Waals surface area contributed by atoms with Gasteiger partial charge in [0.1, 0.15) is 5.75 Å². The molecule has 0 saturated carbocycles. The third-order valence-corrected chi connectivity index (χ3v) is 2.96. The zero-order valence-electron chi connectivity index (χ0n) is 11.9. The lowest BCUT2D eigenvalue weighted by molar-refractivity contribution is -0.118. The smallest absolute Gasteiger partial charge is 0.262 e. The van der Waals surface area contributed by atoms with Gasteiger partial charge in [-0.2, -0.15) is 0 Å². The number of ether oxygens (including phenoxy) is 2. The summed E-state index contributed by atoms with van der Waals surface area (Å²) in [6, 6.07) is 3.19. The molecule has 114 valence electrons. The van der Waals surface area contributed by atoms with E-state index >= 15 is 0 Å². The second-order valence-electron chi connectivity index (χ2n) is 4.62. The molecule has 1 heterocycles. The third-order valence-electron chi connectivity index (χ3n) is 2.96. The van der Waals surface area contributed by atoms with Gasteiger partial charge in [-0.15, -0.1) is 0 Å². The van der Waals surface area contributed by atoms with Crippen LogP contribution in [0.4, 0.5) is 17.1 Å². The van der Waals surface area contributed by atoms with Crippen molar-refractivity contribution < 1.29 is 19.1 Å². The van der Waals surface area contributed by atoms with Gasteiger partial charge >= 0.3 is 0 Å². The van der Waals surface area contributed by atoms with Crippen molar-refractivity contribution in [3.05, 3.63) is 12.1 Å². The molecule has 0 saturated heterocycles. The predicted octanol–water partition coefficient (Wildman–Crippen LogP) is 1.35. The molecule has 0 atom stereocenters. The van der Waals surface area contributed by atoms with Crippen molar-refractivity contribution in [2.24, 2.45) is 0 Å². The molecular formula is C14H19N3O4. The summed E-state index contributed by atoms with van der Waals surface area (Å²) in [6.45, 7) is 3.06. The van der Waals surface area contributed by atoms with Gasteiger partial charge in [-0.3, -0.25) is 9.59 Å². The molecule has 0 radical (unpaired) electrons. The second-order valence-corrected chi connectivity index (χ2v) is 4.62. The number of hydrogen-bond acceptors (Lipinski definition) is 5. The van der Waals surface area contributed by atoms with Crippen LogP contribution in [0.1, 0.15) is 19.8 Å². The molecule has 0 aromatic heterocycles. The molecular weight excluding hydrogens is 274 g/mol. The number of anilines is 3. The SMILES string of the molecule is CCOCCCC(=O)Nc1cc2c(cc1N)OCC(=O)N2. The minimum Gasteiger partial charge on any atom is -0.482 e. The fourth-order valence-electron chi connectivity index (χ4n) is 1.94. The maximum absolute atomic E-state index is 11.8. The third kappa shape index (κ3) is 4.09. The number of carbonyl (C=O) groups excluding carboxylic acids is 2. The summed E-state index contributed by atoms with van der Waals surface area (Å²) in [5.74, 6) is 0.118. The molecule has 0 spiro atoms. The monoisotopic (exact) mass is 293 g/mol. The summed E-state index contributed by atoms with van der Waals surface area (Å²) in [5.41, 5.74) is 7.23. The van der Waals surface area contributed by atoms with Gasteiger partial charge in [0.15, 0.2) is 6.61 Å². The van der Waals surface area contributed by atoms with Gasteiger partial charge < -0.3 is 25.8 Å². The summed E-state index contributed by atoms with van der Waals surface area (Å²) in [5, 5.41) is 5.40. The molecule has 0 unspecified atom stereocenters. The minimum atomic E-state index is -0.235. The lowest BCUT2D eigenvalue weighted by Gasteiger charge is -2.20. The van der Waals surface area contributed by atoms with E-state index in [1.165, 1.54) is 0 Å². The van der Waals surface area contributed by atoms with E-state index in [2.05, 4.69) is 10.6 Å². The Hall–Kier alpha value is -2.28. The normalized spacial score (nSPS) is 13.1. The molecule has 0 fully saturated rings. The van der Waals surface area contributed by atoms with Crippen molar-refractivity contribution in [3.63, 3.8) is 0 Å². The minimum absolute atomic E-state index is 0.0322. The Labute approximate surface area is 122 Å².